The Morgan fingerprint density at radius 1 is 0.833 bits per heavy atom. The molecule has 0 aliphatic carbocycles. The van der Waals surface area contributed by atoms with E-state index in [1.807, 2.05) is 66.7 Å². The first-order valence-corrected chi connectivity index (χ1v) is 12.8. The summed E-state index contributed by atoms with van der Waals surface area (Å²) in [7, 11) is 0. The molecule has 3 aromatic rings. The molecule has 3 fully saturated rings. The first-order chi connectivity index (χ1) is 17.5. The van der Waals surface area contributed by atoms with E-state index in [0.717, 1.165) is 28.8 Å². The van der Waals surface area contributed by atoms with Gasteiger partial charge >= 0.3 is 0 Å². The normalized spacial score (nSPS) is 30.4. The highest BCUT2D eigenvalue weighted by Gasteiger charge is 2.72. The summed E-state index contributed by atoms with van der Waals surface area (Å²) in [5, 5.41) is 3.67. The van der Waals surface area contributed by atoms with Crippen LogP contribution in [0.25, 0.3) is 0 Å². The fraction of sp³-hybridized carbons (Fsp3) is 0.276. The van der Waals surface area contributed by atoms with E-state index in [9.17, 15) is 14.4 Å². The van der Waals surface area contributed by atoms with Crippen molar-refractivity contribution >= 4 is 35.0 Å². The second-order valence-electron chi connectivity index (χ2n) is 10.1. The molecule has 6 nitrogen and oxygen atoms in total. The van der Waals surface area contributed by atoms with Crippen LogP contribution in [0.1, 0.15) is 41.5 Å². The monoisotopic (exact) mass is 497 g/mol. The molecule has 1 spiro atoms. The summed E-state index contributed by atoms with van der Waals surface area (Å²) in [6.07, 6.45) is 1.45. The predicted octanol–water partition coefficient (Wildman–Crippen LogP) is 4.27. The van der Waals surface area contributed by atoms with Gasteiger partial charge in [-0.05, 0) is 47.7 Å². The summed E-state index contributed by atoms with van der Waals surface area (Å²) in [6, 6.07) is 22.8. The summed E-state index contributed by atoms with van der Waals surface area (Å²) < 4.78 is 0. The number of amides is 3. The van der Waals surface area contributed by atoms with Crippen molar-refractivity contribution in [3.63, 3.8) is 0 Å². The number of rotatable bonds is 2. The number of halogens is 1. The molecule has 4 aliphatic heterocycles. The van der Waals surface area contributed by atoms with Crippen LogP contribution in [0.3, 0.4) is 0 Å². The van der Waals surface area contributed by atoms with E-state index in [-0.39, 0.29) is 17.7 Å². The zero-order valence-electron chi connectivity index (χ0n) is 19.4. The Bertz CT molecular complexity index is 1410. The van der Waals surface area contributed by atoms with Crippen LogP contribution in [0, 0.1) is 0 Å². The standard InChI is InChI=1S/C29H24ClN3O3/c30-19-14-12-18(13-15-19)25-29(20-9-4-5-10-21(20)31-28(29)36)23(17-7-2-1-3-8-17)24-27(35)32-16-6-11-22(32)26(34)33(24)25/h1-5,7-10,12-15,22-25H,6,11,16H2,(H,31,36)/t22-,23-,24+,25+,29+/m0/s1. The number of hydrogen-bond acceptors (Lipinski definition) is 3. The number of nitrogens with one attached hydrogen (secondary N) is 1. The van der Waals surface area contributed by atoms with Gasteiger partial charge in [-0.3, -0.25) is 14.4 Å². The zero-order valence-corrected chi connectivity index (χ0v) is 20.2. The van der Waals surface area contributed by atoms with Gasteiger partial charge in [-0.2, -0.15) is 0 Å². The molecule has 180 valence electrons. The smallest absolute Gasteiger partial charge is 0.246 e. The minimum absolute atomic E-state index is 0.0704. The number of fused-ring (bicyclic) bond motifs is 4. The van der Waals surface area contributed by atoms with Crippen LogP contribution in [0.2, 0.25) is 5.02 Å². The molecule has 3 amide bonds. The van der Waals surface area contributed by atoms with E-state index < -0.39 is 29.5 Å². The molecule has 1 N–H and O–H groups in total. The Kier molecular flexibility index (Phi) is 4.61. The van der Waals surface area contributed by atoms with E-state index >= 15 is 0 Å². The van der Waals surface area contributed by atoms with Gasteiger partial charge in [0.2, 0.25) is 17.7 Å². The number of benzene rings is 3. The number of hydrogen-bond donors (Lipinski definition) is 1. The SMILES string of the molecule is O=C1[C@H]2[C@H](c3ccccc3)[C@@]3(C(=O)Nc4ccccc43)[C@@H](c3ccc(Cl)cc3)N2C(=O)[C@@H]2CCCN12. The Morgan fingerprint density at radius 2 is 1.56 bits per heavy atom. The quantitative estimate of drug-likeness (QED) is 0.575. The molecular formula is C29H24ClN3O3. The van der Waals surface area contributed by atoms with Crippen molar-refractivity contribution in [2.45, 2.75) is 42.3 Å². The predicted molar refractivity (Wildman–Crippen MR) is 135 cm³/mol. The number of para-hydroxylation sites is 1. The van der Waals surface area contributed by atoms with Gasteiger partial charge in [0.05, 0.1) is 6.04 Å². The molecule has 3 saturated heterocycles. The highest BCUT2D eigenvalue weighted by atomic mass is 35.5. The molecule has 3 aromatic carbocycles. The number of anilines is 1. The van der Waals surface area contributed by atoms with E-state index in [4.69, 9.17) is 11.6 Å². The molecule has 0 unspecified atom stereocenters. The molecule has 36 heavy (non-hydrogen) atoms. The Hall–Kier alpha value is -3.64. The maximum absolute atomic E-state index is 14.3. The molecule has 5 atom stereocenters. The molecule has 4 aliphatic rings. The Balaban J connectivity index is 1.57. The van der Waals surface area contributed by atoms with Crippen LogP contribution in [0.5, 0.6) is 0 Å². The number of carbonyl (C=O) groups excluding carboxylic acids is 3. The molecule has 4 heterocycles. The van der Waals surface area contributed by atoms with Crippen molar-refractivity contribution in [2.75, 3.05) is 11.9 Å². The largest absolute Gasteiger partial charge is 0.329 e. The zero-order chi connectivity index (χ0) is 24.6. The van der Waals surface area contributed by atoms with Crippen molar-refractivity contribution in [3.8, 4) is 0 Å². The molecule has 7 rings (SSSR count). The van der Waals surface area contributed by atoms with E-state index in [0.29, 0.717) is 18.0 Å². The van der Waals surface area contributed by atoms with Crippen LogP contribution in [-0.4, -0.2) is 46.1 Å². The van der Waals surface area contributed by atoms with Crippen molar-refractivity contribution < 1.29 is 14.4 Å². The summed E-state index contributed by atoms with van der Waals surface area (Å²) in [5.41, 5.74) is 2.03. The molecule has 0 radical (unpaired) electrons. The number of piperazine rings is 1. The summed E-state index contributed by atoms with van der Waals surface area (Å²) in [5.74, 6) is -0.889. The maximum atomic E-state index is 14.3. The van der Waals surface area contributed by atoms with Gasteiger partial charge in [0.15, 0.2) is 0 Å². The first kappa shape index (κ1) is 21.6. The van der Waals surface area contributed by atoms with Gasteiger partial charge in [0, 0.05) is 23.2 Å². The van der Waals surface area contributed by atoms with Gasteiger partial charge < -0.3 is 15.1 Å². The van der Waals surface area contributed by atoms with Gasteiger partial charge in [-0.15, -0.1) is 0 Å². The van der Waals surface area contributed by atoms with Gasteiger partial charge in [-0.25, -0.2) is 0 Å². The lowest BCUT2D eigenvalue weighted by Crippen LogP contribution is -2.61. The highest BCUT2D eigenvalue weighted by Crippen LogP contribution is 2.64. The average Bonchev–Trinajstić information content (AvgIpc) is 3.59. The fourth-order valence-corrected chi connectivity index (χ4v) is 7.30. The molecule has 0 saturated carbocycles. The van der Waals surface area contributed by atoms with E-state index in [1.165, 1.54) is 0 Å². The van der Waals surface area contributed by atoms with E-state index in [1.54, 1.807) is 21.9 Å². The van der Waals surface area contributed by atoms with Crippen molar-refractivity contribution in [2.24, 2.45) is 0 Å². The maximum Gasteiger partial charge on any atom is 0.246 e. The molecule has 0 aromatic heterocycles. The highest BCUT2D eigenvalue weighted by molar-refractivity contribution is 6.30. The minimum Gasteiger partial charge on any atom is -0.329 e. The second-order valence-corrected chi connectivity index (χ2v) is 10.5. The first-order valence-electron chi connectivity index (χ1n) is 12.4. The Morgan fingerprint density at radius 3 is 2.33 bits per heavy atom. The number of carbonyl (C=O) groups is 3. The lowest BCUT2D eigenvalue weighted by atomic mass is 9.63. The number of nitrogens with zero attached hydrogens (tertiary/aromatic N) is 2. The van der Waals surface area contributed by atoms with Gasteiger partial charge in [-0.1, -0.05) is 72.3 Å². The molecule has 0 bridgehead atoms. The van der Waals surface area contributed by atoms with Gasteiger partial charge in [0.1, 0.15) is 17.5 Å². The third-order valence-electron chi connectivity index (χ3n) is 8.48. The van der Waals surface area contributed by atoms with Crippen LogP contribution in [-0.2, 0) is 19.8 Å². The van der Waals surface area contributed by atoms with Crippen LogP contribution >= 0.6 is 11.6 Å². The lowest BCUT2D eigenvalue weighted by molar-refractivity contribution is -0.159. The fourth-order valence-electron chi connectivity index (χ4n) is 7.17. The van der Waals surface area contributed by atoms with Crippen LogP contribution in [0.4, 0.5) is 5.69 Å². The summed E-state index contributed by atoms with van der Waals surface area (Å²) >= 11 is 6.25. The van der Waals surface area contributed by atoms with Crippen molar-refractivity contribution in [3.05, 3.63) is 101 Å². The minimum atomic E-state index is -1.18. The van der Waals surface area contributed by atoms with Crippen LogP contribution in [0.15, 0.2) is 78.9 Å². The second kappa shape index (κ2) is 7.68. The topological polar surface area (TPSA) is 69.7 Å². The van der Waals surface area contributed by atoms with Gasteiger partial charge in [0.25, 0.3) is 0 Å². The third-order valence-corrected chi connectivity index (χ3v) is 8.74. The summed E-state index contributed by atoms with van der Waals surface area (Å²) in [4.78, 5) is 46.2. The molecular weight excluding hydrogens is 474 g/mol. The third kappa shape index (κ3) is 2.65. The van der Waals surface area contributed by atoms with Crippen molar-refractivity contribution in [1.29, 1.82) is 0 Å². The lowest BCUT2D eigenvalue weighted by Gasteiger charge is -2.42. The van der Waals surface area contributed by atoms with Crippen LogP contribution < -0.4 is 5.32 Å². The van der Waals surface area contributed by atoms with Crippen molar-refractivity contribution in [1.82, 2.24) is 9.80 Å². The average molecular weight is 498 g/mol. The molecule has 7 heteroatoms. The summed E-state index contributed by atoms with van der Waals surface area (Å²) in [6.45, 7) is 0.572. The Labute approximate surface area is 213 Å². The van der Waals surface area contributed by atoms with E-state index in [2.05, 4.69) is 5.32 Å².